The second-order valence-corrected chi connectivity index (χ2v) is 7.36. The summed E-state index contributed by atoms with van der Waals surface area (Å²) in [7, 11) is 0. The largest absolute Gasteiger partial charge is 0.491 e. The lowest BCUT2D eigenvalue weighted by Crippen LogP contribution is -2.25. The van der Waals surface area contributed by atoms with Crippen molar-refractivity contribution in [1.82, 2.24) is 0 Å². The van der Waals surface area contributed by atoms with Crippen molar-refractivity contribution in [3.63, 3.8) is 0 Å². The molecule has 4 rings (SSSR count). The Morgan fingerprint density at radius 3 is 2.23 bits per heavy atom. The van der Waals surface area contributed by atoms with E-state index in [1.165, 1.54) is 0 Å². The van der Waals surface area contributed by atoms with Gasteiger partial charge in [-0.05, 0) is 50.5 Å². The number of rotatable bonds is 5. The molecule has 0 N–H and O–H groups in total. The molecule has 2 aromatic carbocycles. The number of hydrogen-bond donors (Lipinski definition) is 0. The van der Waals surface area contributed by atoms with Gasteiger partial charge >= 0.3 is 0 Å². The fourth-order valence-electron chi connectivity index (χ4n) is 3.30. The van der Waals surface area contributed by atoms with Gasteiger partial charge in [0.1, 0.15) is 6.61 Å². The Bertz CT molecular complexity index is 932. The second kappa shape index (κ2) is 7.37. The first-order chi connectivity index (χ1) is 12.7. The Morgan fingerprint density at radius 2 is 1.65 bits per heavy atom. The predicted octanol–water partition coefficient (Wildman–Crippen LogP) is 5.68. The smallest absolute Gasteiger partial charge is 0.182 e. The van der Waals surface area contributed by atoms with E-state index in [4.69, 9.17) is 14.2 Å². The summed E-state index contributed by atoms with van der Waals surface area (Å²) in [6.45, 7) is 3.24. The Hall–Kier alpha value is -1.92. The number of benzene rings is 2. The monoisotopic (exact) mass is 378 g/mol. The van der Waals surface area contributed by atoms with Crippen LogP contribution in [0, 0.1) is 11.6 Å². The molecule has 1 aromatic heterocycles. The van der Waals surface area contributed by atoms with Crippen LogP contribution in [0.5, 0.6) is 11.5 Å². The van der Waals surface area contributed by atoms with E-state index in [0.717, 1.165) is 37.2 Å². The quantitative estimate of drug-likeness (QED) is 0.572. The van der Waals surface area contributed by atoms with E-state index in [9.17, 15) is 8.78 Å². The molecule has 3 aromatic rings. The number of ether oxygens (including phenoxy) is 3. The Balaban J connectivity index is 1.68. The maximum absolute atomic E-state index is 14.9. The zero-order chi connectivity index (χ0) is 18.1. The van der Waals surface area contributed by atoms with Crippen LogP contribution >= 0.6 is 11.3 Å². The Labute approximate surface area is 154 Å². The van der Waals surface area contributed by atoms with Crippen molar-refractivity contribution in [2.24, 2.45) is 0 Å². The number of thiophene rings is 1. The van der Waals surface area contributed by atoms with E-state index in [2.05, 4.69) is 0 Å². The Morgan fingerprint density at radius 1 is 1.00 bits per heavy atom. The topological polar surface area (TPSA) is 27.7 Å². The van der Waals surface area contributed by atoms with Gasteiger partial charge in [0.15, 0.2) is 23.1 Å². The van der Waals surface area contributed by atoms with Crippen LogP contribution in [0.4, 0.5) is 8.78 Å². The molecule has 0 amide bonds. The summed E-state index contributed by atoms with van der Waals surface area (Å²) >= 11 is 1.09. The summed E-state index contributed by atoms with van der Waals surface area (Å²) < 4.78 is 46.9. The third kappa shape index (κ3) is 3.12. The molecule has 1 unspecified atom stereocenters. The van der Waals surface area contributed by atoms with Crippen LogP contribution in [-0.2, 0) is 4.74 Å². The summed E-state index contributed by atoms with van der Waals surface area (Å²) in [5.74, 6) is -0.513. The average Bonchev–Trinajstić information content (AvgIpc) is 3.05. The zero-order valence-corrected chi connectivity index (χ0v) is 15.3. The molecule has 1 aliphatic heterocycles. The molecule has 3 nitrogen and oxygen atoms in total. The fraction of sp³-hybridized carbons (Fsp3) is 0.400. The maximum Gasteiger partial charge on any atom is 0.182 e. The number of hydrogen-bond acceptors (Lipinski definition) is 4. The van der Waals surface area contributed by atoms with E-state index >= 15 is 0 Å². The molecule has 0 aliphatic carbocycles. The van der Waals surface area contributed by atoms with Crippen LogP contribution in [0.1, 0.15) is 26.2 Å². The first-order valence-electron chi connectivity index (χ1n) is 8.89. The molecule has 26 heavy (non-hydrogen) atoms. The van der Waals surface area contributed by atoms with Crippen LogP contribution < -0.4 is 9.47 Å². The molecule has 1 aliphatic rings. The third-order valence-corrected chi connectivity index (χ3v) is 5.82. The zero-order valence-electron chi connectivity index (χ0n) is 14.5. The van der Waals surface area contributed by atoms with Gasteiger partial charge in [-0.15, -0.1) is 11.3 Å². The van der Waals surface area contributed by atoms with Crippen LogP contribution in [-0.4, -0.2) is 25.9 Å². The number of fused-ring (bicyclic) bond motifs is 3. The molecule has 2 heterocycles. The molecule has 138 valence electrons. The lowest BCUT2D eigenvalue weighted by molar-refractivity contribution is -0.0116. The van der Waals surface area contributed by atoms with Crippen LogP contribution in [0.25, 0.3) is 20.2 Å². The summed E-state index contributed by atoms with van der Waals surface area (Å²) in [5, 5.41) is 1.37. The van der Waals surface area contributed by atoms with E-state index in [0.29, 0.717) is 33.4 Å². The Kier molecular flexibility index (Phi) is 4.96. The van der Waals surface area contributed by atoms with E-state index < -0.39 is 11.6 Å². The molecular weight excluding hydrogens is 358 g/mol. The molecule has 6 heteroatoms. The highest BCUT2D eigenvalue weighted by atomic mass is 32.1. The van der Waals surface area contributed by atoms with E-state index in [1.54, 1.807) is 31.2 Å². The van der Waals surface area contributed by atoms with Crippen molar-refractivity contribution in [2.75, 3.05) is 19.8 Å². The van der Waals surface area contributed by atoms with Gasteiger partial charge < -0.3 is 14.2 Å². The molecular formula is C20H20F2O3S. The molecule has 1 atom stereocenters. The van der Waals surface area contributed by atoms with Gasteiger partial charge in [-0.25, -0.2) is 8.78 Å². The maximum atomic E-state index is 14.9. The van der Waals surface area contributed by atoms with Crippen molar-refractivity contribution >= 4 is 31.5 Å². The van der Waals surface area contributed by atoms with Crippen molar-refractivity contribution in [2.45, 2.75) is 32.3 Å². The third-order valence-electron chi connectivity index (χ3n) is 4.62. The minimum absolute atomic E-state index is 0.00690. The van der Waals surface area contributed by atoms with Crippen molar-refractivity contribution in [3.05, 3.63) is 35.9 Å². The molecule has 0 spiro atoms. The van der Waals surface area contributed by atoms with Crippen molar-refractivity contribution in [3.8, 4) is 11.5 Å². The average molecular weight is 378 g/mol. The predicted molar refractivity (Wildman–Crippen MR) is 99.5 cm³/mol. The lowest BCUT2D eigenvalue weighted by atomic mass is 10.1. The number of halogens is 2. The fourth-order valence-corrected chi connectivity index (χ4v) is 4.46. The second-order valence-electron chi connectivity index (χ2n) is 6.34. The van der Waals surface area contributed by atoms with E-state index in [1.807, 2.05) is 0 Å². The van der Waals surface area contributed by atoms with Gasteiger partial charge in [0, 0.05) is 17.4 Å². The SMILES string of the molecule is CCOc1ccc2c(sc3c(F)c(OCC4CCCCO4)ccc32)c1F. The lowest BCUT2D eigenvalue weighted by Gasteiger charge is -2.22. The minimum Gasteiger partial charge on any atom is -0.491 e. The summed E-state index contributed by atoms with van der Waals surface area (Å²) in [4.78, 5) is 0. The van der Waals surface area contributed by atoms with Gasteiger partial charge in [-0.2, -0.15) is 0 Å². The first-order valence-corrected chi connectivity index (χ1v) is 9.71. The molecule has 0 bridgehead atoms. The molecule has 1 saturated heterocycles. The summed E-state index contributed by atoms with van der Waals surface area (Å²) in [6, 6.07) is 6.77. The van der Waals surface area contributed by atoms with Gasteiger partial charge in [0.25, 0.3) is 0 Å². The summed E-state index contributed by atoms with van der Waals surface area (Å²) in [5.41, 5.74) is 0. The first kappa shape index (κ1) is 17.5. The van der Waals surface area contributed by atoms with Crippen molar-refractivity contribution < 1.29 is 23.0 Å². The highest BCUT2D eigenvalue weighted by molar-refractivity contribution is 7.25. The van der Waals surface area contributed by atoms with E-state index in [-0.39, 0.29) is 17.6 Å². The van der Waals surface area contributed by atoms with Gasteiger partial charge in [0.05, 0.1) is 22.1 Å². The molecule has 0 radical (unpaired) electrons. The van der Waals surface area contributed by atoms with Crippen molar-refractivity contribution in [1.29, 1.82) is 0 Å². The highest BCUT2D eigenvalue weighted by Gasteiger charge is 2.20. The normalized spacial score (nSPS) is 17.7. The van der Waals surface area contributed by atoms with Crippen LogP contribution in [0.15, 0.2) is 24.3 Å². The minimum atomic E-state index is -0.447. The van der Waals surface area contributed by atoms with Crippen LogP contribution in [0.3, 0.4) is 0 Å². The molecule has 0 saturated carbocycles. The highest BCUT2D eigenvalue weighted by Crippen LogP contribution is 2.41. The summed E-state index contributed by atoms with van der Waals surface area (Å²) in [6.07, 6.45) is 3.10. The van der Waals surface area contributed by atoms with Gasteiger partial charge in [0.2, 0.25) is 0 Å². The van der Waals surface area contributed by atoms with Gasteiger partial charge in [-0.3, -0.25) is 0 Å². The molecule has 1 fully saturated rings. The van der Waals surface area contributed by atoms with Gasteiger partial charge in [-0.1, -0.05) is 0 Å². The van der Waals surface area contributed by atoms with Crippen LogP contribution in [0.2, 0.25) is 0 Å². The standard InChI is InChI=1S/C20H20F2O3S/c1-2-23-15-8-6-13-14-7-9-16(25-11-12-5-3-4-10-24-12)18(22)20(14)26-19(13)17(15)21/h6-9,12H,2-5,10-11H2,1H3.